The van der Waals surface area contributed by atoms with Crippen LogP contribution in [-0.4, -0.2) is 35.7 Å². The Bertz CT molecular complexity index is 1350. The van der Waals surface area contributed by atoms with Crippen molar-refractivity contribution in [1.29, 1.82) is 0 Å². The van der Waals surface area contributed by atoms with Crippen LogP contribution in [0.25, 0.3) is 0 Å². The van der Waals surface area contributed by atoms with Gasteiger partial charge < -0.3 is 14.8 Å². The van der Waals surface area contributed by atoms with Crippen LogP contribution in [0.2, 0.25) is 0 Å². The summed E-state index contributed by atoms with van der Waals surface area (Å²) in [5, 5.41) is 3.07. The lowest BCUT2D eigenvalue weighted by Crippen LogP contribution is -2.44. The molecular formula is C31H31FN2O4. The van der Waals surface area contributed by atoms with Crippen LogP contribution >= 0.6 is 0 Å². The molecule has 1 saturated heterocycles. The van der Waals surface area contributed by atoms with Gasteiger partial charge in [0, 0.05) is 31.2 Å². The number of hydrogen-bond acceptors (Lipinski definition) is 5. The first-order valence-corrected chi connectivity index (χ1v) is 12.9. The number of halogens is 1. The number of likely N-dealkylation sites (tertiary alicyclic amines) is 1. The molecule has 0 bridgehead atoms. The smallest absolute Gasteiger partial charge is 0.251 e. The average molecular weight is 515 g/mol. The lowest BCUT2D eigenvalue weighted by Gasteiger charge is -2.32. The fraction of sp³-hybridized carbons (Fsp3) is 0.290. The highest BCUT2D eigenvalue weighted by molar-refractivity contribution is 6.14. The normalized spacial score (nSPS) is 15.7. The number of hydrogen-bond donors (Lipinski definition) is 1. The molecule has 2 heterocycles. The number of allylic oxidation sites excluding steroid dienone is 2. The zero-order valence-electron chi connectivity index (χ0n) is 21.6. The van der Waals surface area contributed by atoms with E-state index in [1.807, 2.05) is 32.0 Å². The minimum atomic E-state index is -0.348. The number of carbonyl (C=O) groups excluding carboxylic acids is 2. The minimum absolute atomic E-state index is 0.118. The van der Waals surface area contributed by atoms with Crippen molar-refractivity contribution >= 4 is 11.7 Å². The fourth-order valence-corrected chi connectivity index (χ4v) is 4.80. The molecule has 1 amide bonds. The van der Waals surface area contributed by atoms with E-state index in [0.717, 1.165) is 43.6 Å². The van der Waals surface area contributed by atoms with E-state index < -0.39 is 0 Å². The molecule has 6 nitrogen and oxygen atoms in total. The molecule has 2 aliphatic rings. The van der Waals surface area contributed by atoms with Crippen molar-refractivity contribution in [1.82, 2.24) is 10.2 Å². The molecule has 38 heavy (non-hydrogen) atoms. The maximum atomic E-state index is 13.1. The van der Waals surface area contributed by atoms with Crippen LogP contribution in [0.15, 0.2) is 78.1 Å². The van der Waals surface area contributed by atoms with E-state index >= 15 is 0 Å². The van der Waals surface area contributed by atoms with Crippen molar-refractivity contribution in [3.05, 3.63) is 106 Å². The van der Waals surface area contributed by atoms with E-state index in [1.54, 1.807) is 12.1 Å². The number of piperidine rings is 1. The van der Waals surface area contributed by atoms with Gasteiger partial charge in [0.25, 0.3) is 5.91 Å². The second kappa shape index (κ2) is 11.2. The van der Waals surface area contributed by atoms with E-state index in [4.69, 9.17) is 9.47 Å². The van der Waals surface area contributed by atoms with Crippen LogP contribution in [0.4, 0.5) is 4.39 Å². The standard InChI is InChI=1S/C31H31FN2O4/c1-20(2)30-29(35)28-26(4-3-5-27(28)38-30)37-19-22-8-6-21(7-9-22)18-34-16-14-25(15-17-34)33-31(36)23-10-12-24(32)13-11-23/h3-13,25H,14-19H2,1-2H3,(H,33,36). The number of amides is 1. The molecule has 3 aromatic rings. The quantitative estimate of drug-likeness (QED) is 0.412. The van der Waals surface area contributed by atoms with Gasteiger partial charge in [0.1, 0.15) is 29.5 Å². The Balaban J connectivity index is 1.10. The number of nitrogens with zero attached hydrogens (tertiary/aromatic N) is 1. The number of ether oxygens (including phenoxy) is 2. The van der Waals surface area contributed by atoms with Crippen LogP contribution in [0, 0.1) is 5.82 Å². The average Bonchev–Trinajstić information content (AvgIpc) is 3.27. The van der Waals surface area contributed by atoms with Gasteiger partial charge in [-0.3, -0.25) is 14.5 Å². The van der Waals surface area contributed by atoms with Crippen LogP contribution in [-0.2, 0) is 13.2 Å². The molecule has 196 valence electrons. The van der Waals surface area contributed by atoms with E-state index in [1.165, 1.54) is 29.8 Å². The van der Waals surface area contributed by atoms with Gasteiger partial charge in [0.2, 0.25) is 5.78 Å². The molecule has 0 aliphatic carbocycles. The number of benzene rings is 3. The summed E-state index contributed by atoms with van der Waals surface area (Å²) in [4.78, 5) is 27.5. The Hall–Kier alpha value is -3.97. The lowest BCUT2D eigenvalue weighted by atomic mass is 10.0. The summed E-state index contributed by atoms with van der Waals surface area (Å²) in [6, 6.07) is 19.5. The molecule has 1 N–H and O–H groups in total. The summed E-state index contributed by atoms with van der Waals surface area (Å²) >= 11 is 0. The number of rotatable bonds is 7. The monoisotopic (exact) mass is 514 g/mol. The first-order chi connectivity index (χ1) is 18.4. The summed E-state index contributed by atoms with van der Waals surface area (Å²) < 4.78 is 24.8. The van der Waals surface area contributed by atoms with E-state index in [0.29, 0.717) is 35.0 Å². The zero-order valence-corrected chi connectivity index (χ0v) is 21.6. The van der Waals surface area contributed by atoms with Gasteiger partial charge in [-0.2, -0.15) is 0 Å². The number of nitrogens with one attached hydrogen (secondary N) is 1. The van der Waals surface area contributed by atoms with Gasteiger partial charge in [-0.1, -0.05) is 30.3 Å². The Morgan fingerprint density at radius 3 is 2.37 bits per heavy atom. The van der Waals surface area contributed by atoms with Crippen molar-refractivity contribution < 1.29 is 23.5 Å². The van der Waals surface area contributed by atoms with Crippen LogP contribution in [0.1, 0.15) is 58.5 Å². The van der Waals surface area contributed by atoms with Crippen LogP contribution in [0.5, 0.6) is 11.5 Å². The van der Waals surface area contributed by atoms with Gasteiger partial charge >= 0.3 is 0 Å². The third-order valence-electron chi connectivity index (χ3n) is 6.94. The maximum Gasteiger partial charge on any atom is 0.251 e. The van der Waals surface area contributed by atoms with Crippen LogP contribution in [0.3, 0.4) is 0 Å². The minimum Gasteiger partial charge on any atom is -0.488 e. The Kier molecular flexibility index (Phi) is 7.56. The summed E-state index contributed by atoms with van der Waals surface area (Å²) in [7, 11) is 0. The van der Waals surface area contributed by atoms with Gasteiger partial charge in [0.05, 0.1) is 0 Å². The molecule has 0 unspecified atom stereocenters. The fourth-order valence-electron chi connectivity index (χ4n) is 4.80. The third-order valence-corrected chi connectivity index (χ3v) is 6.94. The number of fused-ring (bicyclic) bond motifs is 1. The molecule has 0 saturated carbocycles. The summed E-state index contributed by atoms with van der Waals surface area (Å²) in [6.45, 7) is 6.69. The van der Waals surface area contributed by atoms with Crippen molar-refractivity contribution in [3.63, 3.8) is 0 Å². The van der Waals surface area contributed by atoms with E-state index in [2.05, 4.69) is 22.3 Å². The number of carbonyl (C=O) groups is 2. The topological polar surface area (TPSA) is 67.9 Å². The molecule has 7 heteroatoms. The van der Waals surface area contributed by atoms with Crippen molar-refractivity contribution in [3.8, 4) is 11.5 Å². The highest BCUT2D eigenvalue weighted by atomic mass is 19.1. The number of ketones is 1. The first-order valence-electron chi connectivity index (χ1n) is 12.9. The van der Waals surface area contributed by atoms with Crippen molar-refractivity contribution in [2.24, 2.45) is 0 Å². The molecule has 1 fully saturated rings. The Morgan fingerprint density at radius 1 is 1.00 bits per heavy atom. The Morgan fingerprint density at radius 2 is 1.68 bits per heavy atom. The predicted octanol–water partition coefficient (Wildman–Crippen LogP) is 5.67. The SMILES string of the molecule is CC(C)=C1Oc2cccc(OCc3ccc(CN4CCC(NC(=O)c5ccc(F)cc5)CC4)cc3)c2C1=O. The first kappa shape index (κ1) is 25.7. The molecule has 0 spiro atoms. The molecule has 0 atom stereocenters. The van der Waals surface area contributed by atoms with Crippen LogP contribution < -0.4 is 14.8 Å². The summed E-state index contributed by atoms with van der Waals surface area (Å²) in [5.41, 5.74) is 4.03. The molecule has 3 aromatic carbocycles. The largest absolute Gasteiger partial charge is 0.488 e. The maximum absolute atomic E-state index is 13.1. The van der Waals surface area contributed by atoms with Gasteiger partial charge in [-0.05, 0) is 79.8 Å². The van der Waals surface area contributed by atoms with Crippen molar-refractivity contribution in [2.75, 3.05) is 13.1 Å². The predicted molar refractivity (Wildman–Crippen MR) is 143 cm³/mol. The number of Topliss-reactive ketones (excluding diaryl/α,β-unsaturated/α-hetero) is 1. The zero-order chi connectivity index (χ0) is 26.6. The summed E-state index contributed by atoms with van der Waals surface area (Å²) in [5.74, 6) is 0.806. The second-order valence-corrected chi connectivity index (χ2v) is 10.0. The summed E-state index contributed by atoms with van der Waals surface area (Å²) in [6.07, 6.45) is 1.74. The second-order valence-electron chi connectivity index (χ2n) is 10.0. The van der Waals surface area contributed by atoms with Gasteiger partial charge in [-0.25, -0.2) is 4.39 Å². The molecule has 2 aliphatic heterocycles. The van der Waals surface area contributed by atoms with Gasteiger partial charge in [-0.15, -0.1) is 0 Å². The van der Waals surface area contributed by atoms with E-state index in [9.17, 15) is 14.0 Å². The van der Waals surface area contributed by atoms with Gasteiger partial charge in [0.15, 0.2) is 5.76 Å². The van der Waals surface area contributed by atoms with E-state index in [-0.39, 0.29) is 23.5 Å². The van der Waals surface area contributed by atoms with Crippen molar-refractivity contribution in [2.45, 2.75) is 45.9 Å². The molecule has 5 rings (SSSR count). The molecule has 0 aromatic heterocycles. The molecule has 0 radical (unpaired) electrons. The Labute approximate surface area is 222 Å². The highest BCUT2D eigenvalue weighted by Crippen LogP contribution is 2.38. The highest BCUT2D eigenvalue weighted by Gasteiger charge is 2.31. The third kappa shape index (κ3) is 5.78. The molecular weight excluding hydrogens is 483 g/mol. The lowest BCUT2D eigenvalue weighted by molar-refractivity contribution is 0.0908.